The minimum Gasteiger partial charge on any atom is -0.481 e. The van der Waals surface area contributed by atoms with E-state index in [0.29, 0.717) is 6.07 Å². The smallest absolute Gasteiger partial charge is 0.306 e. The van der Waals surface area contributed by atoms with Gasteiger partial charge in [-0.3, -0.25) is 4.79 Å². The lowest BCUT2D eigenvalue weighted by atomic mass is 10.2. The number of rotatable bonds is 5. The van der Waals surface area contributed by atoms with Crippen molar-refractivity contribution in [2.45, 2.75) is 12.5 Å². The normalized spacial score (nSPS) is 12.2. The first-order valence-electron chi connectivity index (χ1n) is 4.68. The van der Waals surface area contributed by atoms with Crippen molar-refractivity contribution in [1.29, 1.82) is 0 Å². The SMILES string of the molecule is O=C(O)CC(O)CNc1cc(Br)c(F)cc1F. The van der Waals surface area contributed by atoms with Gasteiger partial charge in [0.15, 0.2) is 0 Å². The first-order valence-corrected chi connectivity index (χ1v) is 5.47. The monoisotopic (exact) mass is 309 g/mol. The van der Waals surface area contributed by atoms with Crippen molar-refractivity contribution < 1.29 is 23.8 Å². The number of nitrogens with one attached hydrogen (secondary N) is 1. The quantitative estimate of drug-likeness (QED) is 0.727. The summed E-state index contributed by atoms with van der Waals surface area (Å²) in [6, 6.07) is 1.87. The predicted molar refractivity (Wildman–Crippen MR) is 60.8 cm³/mol. The summed E-state index contributed by atoms with van der Waals surface area (Å²) < 4.78 is 26.2. The first-order chi connectivity index (χ1) is 7.90. The minimum absolute atomic E-state index is 0.0114. The molecule has 0 saturated carbocycles. The lowest BCUT2D eigenvalue weighted by Gasteiger charge is -2.12. The molecule has 17 heavy (non-hydrogen) atoms. The van der Waals surface area contributed by atoms with Gasteiger partial charge in [-0.2, -0.15) is 0 Å². The van der Waals surface area contributed by atoms with Crippen LogP contribution in [-0.4, -0.2) is 28.8 Å². The van der Waals surface area contributed by atoms with Gasteiger partial charge in [0.1, 0.15) is 11.6 Å². The molecule has 94 valence electrons. The minimum atomic E-state index is -1.15. The summed E-state index contributed by atoms with van der Waals surface area (Å²) in [4.78, 5) is 10.3. The van der Waals surface area contributed by atoms with Crippen molar-refractivity contribution in [3.05, 3.63) is 28.2 Å². The summed E-state index contributed by atoms with van der Waals surface area (Å²) in [6.07, 6.45) is -1.59. The number of carboxylic acid groups (broad SMARTS) is 1. The van der Waals surface area contributed by atoms with Gasteiger partial charge in [0.2, 0.25) is 0 Å². The van der Waals surface area contributed by atoms with Gasteiger partial charge >= 0.3 is 5.97 Å². The van der Waals surface area contributed by atoms with E-state index in [1.54, 1.807) is 0 Å². The zero-order valence-corrected chi connectivity index (χ0v) is 10.2. The number of anilines is 1. The number of benzene rings is 1. The summed E-state index contributed by atoms with van der Waals surface area (Å²) >= 11 is 2.89. The van der Waals surface area contributed by atoms with Crippen LogP contribution in [0.25, 0.3) is 0 Å². The average molecular weight is 310 g/mol. The van der Waals surface area contributed by atoms with Crippen LogP contribution in [0.1, 0.15) is 6.42 Å². The lowest BCUT2D eigenvalue weighted by molar-refractivity contribution is -0.138. The van der Waals surface area contributed by atoms with Crippen molar-refractivity contribution in [2.75, 3.05) is 11.9 Å². The highest BCUT2D eigenvalue weighted by Crippen LogP contribution is 2.23. The first kappa shape index (κ1) is 13.9. The van der Waals surface area contributed by atoms with Crippen LogP contribution in [-0.2, 0) is 4.79 Å². The fourth-order valence-corrected chi connectivity index (χ4v) is 1.50. The van der Waals surface area contributed by atoms with E-state index in [4.69, 9.17) is 5.11 Å². The molecule has 1 unspecified atom stereocenters. The molecule has 0 heterocycles. The van der Waals surface area contributed by atoms with Crippen LogP contribution in [0.3, 0.4) is 0 Å². The van der Waals surface area contributed by atoms with E-state index >= 15 is 0 Å². The number of halogens is 3. The van der Waals surface area contributed by atoms with Crippen molar-refractivity contribution in [1.82, 2.24) is 0 Å². The van der Waals surface area contributed by atoms with Crippen LogP contribution in [0.5, 0.6) is 0 Å². The van der Waals surface area contributed by atoms with Crippen LogP contribution in [0.2, 0.25) is 0 Å². The molecule has 3 N–H and O–H groups in total. The molecule has 0 spiro atoms. The molecule has 0 aromatic heterocycles. The van der Waals surface area contributed by atoms with E-state index in [9.17, 15) is 18.7 Å². The number of carboxylic acids is 1. The van der Waals surface area contributed by atoms with E-state index in [1.165, 1.54) is 6.07 Å². The molecule has 0 fully saturated rings. The number of aliphatic carboxylic acids is 1. The Labute approximate surface area is 104 Å². The van der Waals surface area contributed by atoms with Crippen molar-refractivity contribution in [3.63, 3.8) is 0 Å². The van der Waals surface area contributed by atoms with E-state index < -0.39 is 30.1 Å². The zero-order valence-electron chi connectivity index (χ0n) is 8.58. The maximum atomic E-state index is 13.2. The second kappa shape index (κ2) is 5.92. The molecular weight excluding hydrogens is 300 g/mol. The Morgan fingerprint density at radius 3 is 2.65 bits per heavy atom. The van der Waals surface area contributed by atoms with Gasteiger partial charge in [-0.15, -0.1) is 0 Å². The fourth-order valence-electron chi connectivity index (χ4n) is 1.16. The number of aliphatic hydroxyl groups excluding tert-OH is 1. The highest BCUT2D eigenvalue weighted by molar-refractivity contribution is 9.10. The number of carbonyl (C=O) groups is 1. The second-order valence-corrected chi connectivity index (χ2v) is 4.23. The van der Waals surface area contributed by atoms with Gasteiger partial charge in [-0.1, -0.05) is 0 Å². The van der Waals surface area contributed by atoms with Crippen LogP contribution in [0, 0.1) is 11.6 Å². The molecule has 1 rings (SSSR count). The fraction of sp³-hybridized carbons (Fsp3) is 0.300. The molecule has 1 atom stereocenters. The third-order valence-corrected chi connectivity index (χ3v) is 2.56. The summed E-state index contributed by atoms with van der Waals surface area (Å²) in [5, 5.41) is 20.1. The molecule has 0 aliphatic rings. The standard InChI is InChI=1S/C10H10BrF2NO3/c11-6-2-9(8(13)3-7(6)12)14-4-5(15)1-10(16)17/h2-3,5,14-15H,1,4H2,(H,16,17). The molecular formula is C10H10BrF2NO3. The summed E-state index contributed by atoms with van der Waals surface area (Å²) in [6.45, 7) is -0.138. The Bertz CT molecular complexity index is 428. The predicted octanol–water partition coefficient (Wildman–Crippen LogP) is 1.97. The molecule has 4 nitrogen and oxygen atoms in total. The van der Waals surface area contributed by atoms with Crippen LogP contribution in [0.15, 0.2) is 16.6 Å². The molecule has 1 aromatic rings. The van der Waals surface area contributed by atoms with Gasteiger partial charge in [-0.25, -0.2) is 8.78 Å². The molecule has 0 radical (unpaired) electrons. The van der Waals surface area contributed by atoms with Gasteiger partial charge < -0.3 is 15.5 Å². The number of aliphatic hydroxyl groups is 1. The Kier molecular flexibility index (Phi) is 4.83. The molecule has 0 saturated heterocycles. The Balaban J connectivity index is 2.63. The second-order valence-electron chi connectivity index (χ2n) is 3.38. The third kappa shape index (κ3) is 4.27. The van der Waals surface area contributed by atoms with Gasteiger partial charge in [-0.05, 0) is 22.0 Å². The average Bonchev–Trinajstić information content (AvgIpc) is 2.20. The van der Waals surface area contributed by atoms with E-state index in [-0.39, 0.29) is 16.7 Å². The van der Waals surface area contributed by atoms with Crippen molar-refractivity contribution in [2.24, 2.45) is 0 Å². The van der Waals surface area contributed by atoms with Gasteiger partial charge in [0.25, 0.3) is 0 Å². The highest BCUT2D eigenvalue weighted by atomic mass is 79.9. The molecule has 0 aliphatic heterocycles. The molecule has 0 amide bonds. The molecule has 1 aromatic carbocycles. The summed E-state index contributed by atoms with van der Waals surface area (Å²) in [7, 11) is 0. The maximum Gasteiger partial charge on any atom is 0.306 e. The summed E-state index contributed by atoms with van der Waals surface area (Å²) in [5.41, 5.74) is -0.0114. The van der Waals surface area contributed by atoms with E-state index in [2.05, 4.69) is 21.2 Å². The van der Waals surface area contributed by atoms with E-state index in [0.717, 1.165) is 0 Å². The topological polar surface area (TPSA) is 69.6 Å². The Morgan fingerprint density at radius 1 is 1.41 bits per heavy atom. The maximum absolute atomic E-state index is 13.2. The number of hydrogen-bond donors (Lipinski definition) is 3. The van der Waals surface area contributed by atoms with E-state index in [1.807, 2.05) is 0 Å². The van der Waals surface area contributed by atoms with Crippen LogP contribution < -0.4 is 5.32 Å². The highest BCUT2D eigenvalue weighted by Gasteiger charge is 2.12. The largest absolute Gasteiger partial charge is 0.481 e. The molecule has 7 heteroatoms. The molecule has 0 aliphatic carbocycles. The van der Waals surface area contributed by atoms with Crippen molar-refractivity contribution >= 4 is 27.6 Å². The number of hydrogen-bond acceptors (Lipinski definition) is 3. The third-order valence-electron chi connectivity index (χ3n) is 1.95. The zero-order chi connectivity index (χ0) is 13.0. The Morgan fingerprint density at radius 2 is 2.06 bits per heavy atom. The van der Waals surface area contributed by atoms with Gasteiger partial charge in [0.05, 0.1) is 22.7 Å². The van der Waals surface area contributed by atoms with Crippen molar-refractivity contribution in [3.8, 4) is 0 Å². The molecule has 0 bridgehead atoms. The summed E-state index contributed by atoms with van der Waals surface area (Å²) in [5.74, 6) is -2.70. The van der Waals surface area contributed by atoms with Crippen LogP contribution in [0.4, 0.5) is 14.5 Å². The lowest BCUT2D eigenvalue weighted by Crippen LogP contribution is -2.23. The Hall–Kier alpha value is -1.21. The van der Waals surface area contributed by atoms with Gasteiger partial charge in [0, 0.05) is 12.6 Å². The van der Waals surface area contributed by atoms with Crippen LogP contribution >= 0.6 is 15.9 Å².